The molecule has 1 amide bonds. The Morgan fingerprint density at radius 3 is 2.69 bits per heavy atom. The number of amides is 1. The zero-order valence-corrected chi connectivity index (χ0v) is 22.5. The molecule has 35 heavy (non-hydrogen) atoms. The summed E-state index contributed by atoms with van der Waals surface area (Å²) >= 11 is 10.9. The van der Waals surface area contributed by atoms with Crippen LogP contribution in [0.25, 0.3) is 11.5 Å². The number of aryl methyl sites for hydroxylation is 1. The Kier molecular flexibility index (Phi) is 6.86. The smallest absolute Gasteiger partial charge is 0.350 e. The van der Waals surface area contributed by atoms with E-state index in [9.17, 15) is 9.59 Å². The third kappa shape index (κ3) is 4.96. The summed E-state index contributed by atoms with van der Waals surface area (Å²) in [6, 6.07) is 0.0224. The first-order chi connectivity index (χ1) is 16.9. The molecular formula is C22H25BrClN7O3S. The van der Waals surface area contributed by atoms with Gasteiger partial charge in [-0.2, -0.15) is 5.10 Å². The molecule has 13 heteroatoms. The van der Waals surface area contributed by atoms with E-state index in [1.54, 1.807) is 0 Å². The van der Waals surface area contributed by atoms with Crippen molar-refractivity contribution in [3.8, 4) is 11.5 Å². The molecule has 0 spiro atoms. The minimum atomic E-state index is -0.433. The van der Waals surface area contributed by atoms with Gasteiger partial charge in [0.1, 0.15) is 22.6 Å². The van der Waals surface area contributed by atoms with Gasteiger partial charge >= 0.3 is 5.97 Å². The second-order valence-electron chi connectivity index (χ2n) is 8.86. The summed E-state index contributed by atoms with van der Waals surface area (Å²) in [5.74, 6) is 0.575. The van der Waals surface area contributed by atoms with Gasteiger partial charge in [0.2, 0.25) is 0 Å². The zero-order valence-electron chi connectivity index (χ0n) is 19.3. The van der Waals surface area contributed by atoms with Crippen LogP contribution in [-0.4, -0.2) is 62.9 Å². The third-order valence-corrected chi connectivity index (χ3v) is 8.91. The zero-order chi connectivity index (χ0) is 24.7. The molecule has 0 bridgehead atoms. The lowest BCUT2D eigenvalue weighted by atomic mass is 10.1. The number of hydrogen-bond donors (Lipinski definition) is 2. The Morgan fingerprint density at radius 2 is 2.06 bits per heavy atom. The van der Waals surface area contributed by atoms with Gasteiger partial charge in [-0.05, 0) is 54.5 Å². The number of nitrogens with zero attached hydrogens (tertiary/aromatic N) is 5. The second kappa shape index (κ2) is 9.90. The van der Waals surface area contributed by atoms with Gasteiger partial charge in [-0.25, -0.2) is 19.4 Å². The number of H-pyrrole nitrogens is 1. The van der Waals surface area contributed by atoms with Crippen LogP contribution < -0.4 is 10.2 Å². The molecule has 5 rings (SSSR count). The minimum absolute atomic E-state index is 0.0224. The highest BCUT2D eigenvalue weighted by Gasteiger charge is 2.30. The molecule has 2 fully saturated rings. The van der Waals surface area contributed by atoms with Crippen LogP contribution in [0.1, 0.15) is 51.5 Å². The number of aromatic amines is 1. The average molecular weight is 583 g/mol. The fourth-order valence-electron chi connectivity index (χ4n) is 4.15. The maximum absolute atomic E-state index is 12.7. The topological polar surface area (TPSA) is 118 Å². The SMILES string of the molecule is COC(=O)c1sc(N2CCC(NC(=O)c3[nH]c(C)c(Cl)c3Br)CC2)nc1-c1ncnn1CC1CC1. The molecule has 0 aromatic carbocycles. The molecule has 1 saturated carbocycles. The van der Waals surface area contributed by atoms with Crippen molar-refractivity contribution in [2.24, 2.45) is 5.92 Å². The van der Waals surface area contributed by atoms with E-state index in [1.165, 1.54) is 37.6 Å². The molecule has 0 unspecified atom stereocenters. The number of ether oxygens (including phenoxy) is 1. The summed E-state index contributed by atoms with van der Waals surface area (Å²) in [5.41, 5.74) is 1.68. The van der Waals surface area contributed by atoms with Gasteiger partial charge < -0.3 is 19.9 Å². The lowest BCUT2D eigenvalue weighted by Crippen LogP contribution is -2.44. The molecule has 4 heterocycles. The van der Waals surface area contributed by atoms with E-state index >= 15 is 0 Å². The summed E-state index contributed by atoms with van der Waals surface area (Å²) in [6.45, 7) is 3.98. The molecule has 3 aromatic heterocycles. The summed E-state index contributed by atoms with van der Waals surface area (Å²) in [5, 5.41) is 8.68. The molecule has 186 valence electrons. The molecule has 3 aromatic rings. The Labute approximate surface area is 219 Å². The van der Waals surface area contributed by atoms with Crippen LogP contribution in [0.3, 0.4) is 0 Å². The number of hydrogen-bond acceptors (Lipinski definition) is 8. The normalized spacial score (nSPS) is 16.5. The first kappa shape index (κ1) is 24.3. The first-order valence-electron chi connectivity index (χ1n) is 11.4. The Hall–Kier alpha value is -2.44. The number of carbonyl (C=O) groups excluding carboxylic acids is 2. The molecule has 2 aliphatic rings. The maximum Gasteiger partial charge on any atom is 0.350 e. The van der Waals surface area contributed by atoms with Gasteiger partial charge in [-0.1, -0.05) is 22.9 Å². The number of methoxy groups -OCH3 is 1. The van der Waals surface area contributed by atoms with Crippen LogP contribution in [-0.2, 0) is 11.3 Å². The molecule has 0 atom stereocenters. The highest BCUT2D eigenvalue weighted by molar-refractivity contribution is 9.10. The number of anilines is 1. The predicted octanol–water partition coefficient (Wildman–Crippen LogP) is 4.05. The van der Waals surface area contributed by atoms with Crippen molar-refractivity contribution in [1.29, 1.82) is 0 Å². The van der Waals surface area contributed by atoms with Crippen LogP contribution >= 0.6 is 38.9 Å². The summed E-state index contributed by atoms with van der Waals surface area (Å²) < 4.78 is 7.43. The van der Waals surface area contributed by atoms with E-state index in [-0.39, 0.29) is 11.9 Å². The van der Waals surface area contributed by atoms with Crippen molar-refractivity contribution in [3.05, 3.63) is 32.1 Å². The molecule has 1 aliphatic heterocycles. The van der Waals surface area contributed by atoms with E-state index in [2.05, 4.69) is 41.2 Å². The quantitative estimate of drug-likeness (QED) is 0.404. The summed E-state index contributed by atoms with van der Waals surface area (Å²) in [6.07, 6.45) is 5.37. The lowest BCUT2D eigenvalue weighted by Gasteiger charge is -2.32. The van der Waals surface area contributed by atoms with E-state index in [0.29, 0.717) is 50.6 Å². The fraction of sp³-hybridized carbons (Fsp3) is 0.500. The van der Waals surface area contributed by atoms with E-state index < -0.39 is 5.97 Å². The molecular weight excluding hydrogens is 558 g/mol. The lowest BCUT2D eigenvalue weighted by molar-refractivity contribution is 0.0606. The number of nitrogens with one attached hydrogen (secondary N) is 2. The molecule has 2 N–H and O–H groups in total. The molecule has 10 nitrogen and oxygen atoms in total. The summed E-state index contributed by atoms with van der Waals surface area (Å²) in [4.78, 5) is 40.1. The molecule has 1 saturated heterocycles. The molecule has 0 radical (unpaired) electrons. The number of esters is 1. The number of thiazole rings is 1. The van der Waals surface area contributed by atoms with Gasteiger partial charge in [0.15, 0.2) is 11.0 Å². The van der Waals surface area contributed by atoms with Crippen LogP contribution in [0.4, 0.5) is 5.13 Å². The highest BCUT2D eigenvalue weighted by Crippen LogP contribution is 2.36. The van der Waals surface area contributed by atoms with Crippen molar-refractivity contribution in [2.45, 2.75) is 45.2 Å². The number of piperidine rings is 1. The minimum Gasteiger partial charge on any atom is -0.465 e. The van der Waals surface area contributed by atoms with Crippen molar-refractivity contribution in [2.75, 3.05) is 25.1 Å². The molecule has 1 aliphatic carbocycles. The third-order valence-electron chi connectivity index (χ3n) is 6.32. The van der Waals surface area contributed by atoms with Crippen LogP contribution in [0.15, 0.2) is 10.8 Å². The number of aromatic nitrogens is 5. The maximum atomic E-state index is 12.7. The van der Waals surface area contributed by atoms with E-state index in [4.69, 9.17) is 21.3 Å². The summed E-state index contributed by atoms with van der Waals surface area (Å²) in [7, 11) is 1.37. The van der Waals surface area contributed by atoms with Gasteiger partial charge in [0.05, 0.1) is 16.6 Å². The standard InChI is InChI=1S/C22H25BrClN7O3S/c1-11-15(24)14(23)16(27-11)20(32)28-13-5-7-30(8-6-13)22-29-17(18(35-22)21(33)34-2)19-25-10-26-31(19)9-12-3-4-12/h10,12-13,27H,3-9H2,1-2H3,(H,28,32). The first-order valence-corrected chi connectivity index (χ1v) is 13.4. The number of rotatable bonds is 7. The van der Waals surface area contributed by atoms with Crippen molar-refractivity contribution in [1.82, 2.24) is 30.0 Å². The van der Waals surface area contributed by atoms with Crippen LogP contribution in [0.2, 0.25) is 5.02 Å². The Bertz CT molecular complexity index is 1260. The van der Waals surface area contributed by atoms with Crippen LogP contribution in [0, 0.1) is 12.8 Å². The Balaban J connectivity index is 1.29. The van der Waals surface area contributed by atoms with Crippen molar-refractivity contribution < 1.29 is 14.3 Å². The van der Waals surface area contributed by atoms with Crippen molar-refractivity contribution in [3.63, 3.8) is 0 Å². The van der Waals surface area contributed by atoms with Gasteiger partial charge in [-0.3, -0.25) is 4.79 Å². The Morgan fingerprint density at radius 1 is 1.31 bits per heavy atom. The fourth-order valence-corrected chi connectivity index (χ4v) is 5.90. The van der Waals surface area contributed by atoms with E-state index in [0.717, 1.165) is 30.2 Å². The predicted molar refractivity (Wildman–Crippen MR) is 136 cm³/mol. The highest BCUT2D eigenvalue weighted by atomic mass is 79.9. The largest absolute Gasteiger partial charge is 0.465 e. The average Bonchev–Trinajstić information content (AvgIpc) is 3.27. The van der Waals surface area contributed by atoms with Crippen LogP contribution in [0.5, 0.6) is 0 Å². The van der Waals surface area contributed by atoms with E-state index in [1.807, 2.05) is 11.6 Å². The monoisotopic (exact) mass is 581 g/mol. The number of carbonyl (C=O) groups is 2. The van der Waals surface area contributed by atoms with Gasteiger partial charge in [0.25, 0.3) is 5.91 Å². The van der Waals surface area contributed by atoms with Gasteiger partial charge in [0, 0.05) is 31.4 Å². The van der Waals surface area contributed by atoms with Gasteiger partial charge in [-0.15, -0.1) is 0 Å². The van der Waals surface area contributed by atoms with Crippen molar-refractivity contribution >= 4 is 55.9 Å². The second-order valence-corrected chi connectivity index (χ2v) is 11.0. The number of halogens is 2.